The molecule has 0 saturated heterocycles. The van der Waals surface area contributed by atoms with Gasteiger partial charge in [-0.25, -0.2) is 13.2 Å². The number of carbonyl (C=O) groups is 2. The summed E-state index contributed by atoms with van der Waals surface area (Å²) in [5.41, 5.74) is 0.909. The highest BCUT2D eigenvalue weighted by Crippen LogP contribution is 2.34. The maximum Gasteiger partial charge on any atom is 0.321 e. The molecule has 0 saturated carbocycles. The molecule has 0 spiro atoms. The fourth-order valence-corrected chi connectivity index (χ4v) is 6.88. The van der Waals surface area contributed by atoms with Crippen molar-refractivity contribution in [2.24, 2.45) is 5.92 Å². The minimum Gasteiger partial charge on any atom is -0.490 e. The summed E-state index contributed by atoms with van der Waals surface area (Å²) in [6.45, 7) is 6.27. The lowest BCUT2D eigenvalue weighted by atomic mass is 10.0. The maximum atomic E-state index is 14.4. The Hall–Kier alpha value is -4.53. The molecule has 0 unspecified atom stereocenters. The van der Waals surface area contributed by atoms with E-state index in [0.29, 0.717) is 36.0 Å². The van der Waals surface area contributed by atoms with Gasteiger partial charge in [-0.1, -0.05) is 25.1 Å². The van der Waals surface area contributed by atoms with Crippen molar-refractivity contribution in [2.75, 3.05) is 50.2 Å². The zero-order valence-electron chi connectivity index (χ0n) is 28.8. The third-order valence-electron chi connectivity index (χ3n) is 8.78. The van der Waals surface area contributed by atoms with Crippen LogP contribution < -0.4 is 24.2 Å². The van der Waals surface area contributed by atoms with Crippen LogP contribution in [0.4, 0.5) is 16.2 Å². The molecule has 2 aliphatic rings. The molecule has 50 heavy (non-hydrogen) atoms. The van der Waals surface area contributed by atoms with Gasteiger partial charge in [-0.3, -0.25) is 9.52 Å². The van der Waals surface area contributed by atoms with E-state index in [-0.39, 0.29) is 60.7 Å². The zero-order valence-corrected chi connectivity index (χ0v) is 29.6. The second-order valence-electron chi connectivity index (χ2n) is 12.8. The van der Waals surface area contributed by atoms with Crippen molar-refractivity contribution in [3.8, 4) is 17.2 Å². The van der Waals surface area contributed by atoms with Gasteiger partial charge < -0.3 is 39.2 Å². The predicted molar refractivity (Wildman–Crippen MR) is 188 cm³/mol. The lowest BCUT2D eigenvalue weighted by Crippen LogP contribution is -2.48. The lowest BCUT2D eigenvalue weighted by Gasteiger charge is -2.35. The van der Waals surface area contributed by atoms with Gasteiger partial charge in [0.2, 0.25) is 6.79 Å². The van der Waals surface area contributed by atoms with E-state index in [9.17, 15) is 23.1 Å². The molecule has 0 bridgehead atoms. The first-order valence-corrected chi connectivity index (χ1v) is 18.3. The van der Waals surface area contributed by atoms with Gasteiger partial charge in [0.1, 0.15) is 5.75 Å². The van der Waals surface area contributed by atoms with E-state index >= 15 is 0 Å². The molecule has 3 amide bonds. The summed E-state index contributed by atoms with van der Waals surface area (Å²) >= 11 is 0. The van der Waals surface area contributed by atoms with Crippen molar-refractivity contribution < 1.29 is 42.1 Å². The number of likely N-dealkylation sites (N-methyl/N-ethyl adjacent to an activating group) is 1. The van der Waals surface area contributed by atoms with Crippen molar-refractivity contribution in [1.82, 2.24) is 9.80 Å². The average Bonchev–Trinajstić information content (AvgIpc) is 3.57. The molecule has 13 nitrogen and oxygen atoms in total. The Morgan fingerprint density at radius 3 is 2.48 bits per heavy atom. The van der Waals surface area contributed by atoms with E-state index in [2.05, 4.69) is 10.0 Å². The Labute approximate surface area is 293 Å². The number of amides is 3. The van der Waals surface area contributed by atoms with Crippen molar-refractivity contribution in [3.63, 3.8) is 0 Å². The highest BCUT2D eigenvalue weighted by Gasteiger charge is 2.31. The highest BCUT2D eigenvalue weighted by molar-refractivity contribution is 7.92. The van der Waals surface area contributed by atoms with Gasteiger partial charge in [0.15, 0.2) is 11.5 Å². The minimum absolute atomic E-state index is 0.0845. The van der Waals surface area contributed by atoms with Crippen LogP contribution in [0.2, 0.25) is 0 Å². The zero-order chi connectivity index (χ0) is 35.8. The fourth-order valence-electron chi connectivity index (χ4n) is 5.81. The van der Waals surface area contributed by atoms with Gasteiger partial charge in [0.05, 0.1) is 35.3 Å². The summed E-state index contributed by atoms with van der Waals surface area (Å²) in [5.74, 6) is 0.768. The summed E-state index contributed by atoms with van der Waals surface area (Å²) in [7, 11) is -2.25. The first-order chi connectivity index (χ1) is 23.9. The number of aliphatic hydroxyl groups excluding tert-OH is 1. The summed E-state index contributed by atoms with van der Waals surface area (Å²) in [6, 6.07) is 16.8. The van der Waals surface area contributed by atoms with E-state index in [1.807, 2.05) is 13.8 Å². The second-order valence-corrected chi connectivity index (χ2v) is 14.5. The number of carbonyl (C=O) groups excluding carboxylic acids is 2. The Bertz CT molecular complexity index is 1740. The van der Waals surface area contributed by atoms with Crippen LogP contribution in [0.3, 0.4) is 0 Å². The molecule has 3 N–H and O–H groups in total. The van der Waals surface area contributed by atoms with Gasteiger partial charge in [-0.2, -0.15) is 0 Å². The van der Waals surface area contributed by atoms with Gasteiger partial charge >= 0.3 is 6.03 Å². The monoisotopic (exact) mass is 710 g/mol. The van der Waals surface area contributed by atoms with Crippen LogP contribution in [0.5, 0.6) is 17.2 Å². The van der Waals surface area contributed by atoms with E-state index in [1.165, 1.54) is 23.1 Å². The standard InChI is InChI=1S/C36H46N4O9S/c1-24-20-40(25(2)22-41)35(42)30-18-28(38-50(44,45)29-11-6-5-7-12-29)14-15-31(30)49-26(3)10-8-9-17-46-34(24)21-39(4)36(43)37-27-13-16-32-33(19-27)48-23-47-32/h5-7,11-16,18-19,24-26,34,38,41H,8-10,17,20-23H2,1-4H3,(H,37,43)/t24-,25+,26-,34-/m1/s1. The van der Waals surface area contributed by atoms with Crippen LogP contribution in [0.1, 0.15) is 50.4 Å². The van der Waals surface area contributed by atoms with E-state index in [4.69, 9.17) is 18.9 Å². The maximum absolute atomic E-state index is 14.4. The Morgan fingerprint density at radius 2 is 1.72 bits per heavy atom. The van der Waals surface area contributed by atoms with Crippen LogP contribution >= 0.6 is 0 Å². The van der Waals surface area contributed by atoms with Crippen molar-refractivity contribution >= 4 is 33.3 Å². The summed E-state index contributed by atoms with van der Waals surface area (Å²) in [6.07, 6.45) is 1.54. The molecule has 5 rings (SSSR count). The fraction of sp³-hybridized carbons (Fsp3) is 0.444. The molecule has 0 aromatic heterocycles. The third kappa shape index (κ3) is 9.17. The second kappa shape index (κ2) is 16.5. The lowest BCUT2D eigenvalue weighted by molar-refractivity contribution is -0.0115. The van der Waals surface area contributed by atoms with Gasteiger partial charge in [-0.05, 0) is 75.6 Å². The van der Waals surface area contributed by atoms with Crippen LogP contribution in [0.15, 0.2) is 71.6 Å². The Balaban J connectivity index is 1.38. The average molecular weight is 711 g/mol. The summed E-state index contributed by atoms with van der Waals surface area (Å²) < 4.78 is 52.3. The number of aliphatic hydroxyl groups is 1. The number of nitrogens with zero attached hydrogens (tertiary/aromatic N) is 2. The van der Waals surface area contributed by atoms with Gasteiger partial charge in [0.25, 0.3) is 15.9 Å². The van der Waals surface area contributed by atoms with Crippen LogP contribution in [-0.2, 0) is 14.8 Å². The predicted octanol–water partition coefficient (Wildman–Crippen LogP) is 5.18. The molecule has 270 valence electrons. The molecule has 2 heterocycles. The van der Waals surface area contributed by atoms with Crippen molar-refractivity contribution in [3.05, 3.63) is 72.3 Å². The third-order valence-corrected chi connectivity index (χ3v) is 10.2. The number of anilines is 2. The number of hydrogen-bond donors (Lipinski definition) is 3. The Morgan fingerprint density at radius 1 is 1.00 bits per heavy atom. The molecule has 0 radical (unpaired) electrons. The van der Waals surface area contributed by atoms with Crippen molar-refractivity contribution in [2.45, 2.75) is 63.2 Å². The molecule has 4 atom stereocenters. The first-order valence-electron chi connectivity index (χ1n) is 16.8. The van der Waals surface area contributed by atoms with Crippen molar-refractivity contribution in [1.29, 1.82) is 0 Å². The van der Waals surface area contributed by atoms with Crippen LogP contribution in [0.25, 0.3) is 0 Å². The molecule has 0 fully saturated rings. The molecule has 0 aliphatic carbocycles. The molecule has 14 heteroatoms. The molecule has 2 aliphatic heterocycles. The smallest absolute Gasteiger partial charge is 0.321 e. The number of fused-ring (bicyclic) bond motifs is 2. The number of sulfonamides is 1. The Kier molecular flexibility index (Phi) is 12.1. The number of nitrogens with one attached hydrogen (secondary N) is 2. The SMILES string of the molecule is C[C@@H]1CCCCO[C@H](CN(C)C(=O)Nc2ccc3c(c2)OCO3)[C@H](C)CN([C@@H](C)CO)C(=O)c2cc(NS(=O)(=O)c3ccccc3)ccc2O1. The largest absolute Gasteiger partial charge is 0.490 e. The number of hydrogen-bond acceptors (Lipinski definition) is 9. The topological polar surface area (TPSA) is 156 Å². The summed E-state index contributed by atoms with van der Waals surface area (Å²) in [5, 5.41) is 13.1. The molecular formula is C36H46N4O9S. The normalized spacial score (nSPS) is 20.5. The van der Waals surface area contributed by atoms with E-state index < -0.39 is 28.1 Å². The molecule has 3 aromatic carbocycles. The quantitative estimate of drug-likeness (QED) is 0.287. The minimum atomic E-state index is -3.93. The van der Waals surface area contributed by atoms with E-state index in [1.54, 1.807) is 67.4 Å². The van der Waals surface area contributed by atoms with Gasteiger partial charge in [-0.15, -0.1) is 0 Å². The number of benzene rings is 3. The molecule has 3 aromatic rings. The van der Waals surface area contributed by atoms with E-state index in [0.717, 1.165) is 12.8 Å². The molecular weight excluding hydrogens is 664 g/mol. The number of urea groups is 1. The number of ether oxygens (including phenoxy) is 4. The van der Waals surface area contributed by atoms with Crippen LogP contribution in [-0.4, -0.2) is 93.7 Å². The van der Waals surface area contributed by atoms with Crippen LogP contribution in [0, 0.1) is 5.92 Å². The van der Waals surface area contributed by atoms with Gasteiger partial charge in [0, 0.05) is 50.1 Å². The highest BCUT2D eigenvalue weighted by atomic mass is 32.2. The number of rotatable bonds is 8. The summed E-state index contributed by atoms with van der Waals surface area (Å²) in [4.78, 5) is 30.8. The first kappa shape index (κ1) is 36.7.